The third-order valence-electron chi connectivity index (χ3n) is 6.52. The van der Waals surface area contributed by atoms with E-state index >= 15 is 0 Å². The molecule has 0 aliphatic heterocycles. The Labute approximate surface area is 285 Å². The molecule has 1 atom stereocenters. The Morgan fingerprint density at radius 2 is 1.02 bits per heavy atom. The van der Waals surface area contributed by atoms with Crippen LogP contribution in [0.5, 0.6) is 0 Å². The molecular weight excluding hydrogens is 719 g/mol. The van der Waals surface area contributed by atoms with E-state index in [0.717, 1.165) is 44.9 Å². The predicted octanol–water partition coefficient (Wildman–Crippen LogP) is 1.55. The molecule has 0 saturated carbocycles. The number of hydrogen-bond acceptors (Lipinski definition) is 9. The normalized spacial score (nSPS) is 11.4. The van der Waals surface area contributed by atoms with Crippen LogP contribution in [0.3, 0.4) is 0 Å². The smallest absolute Gasteiger partial charge is 0.326 e. The van der Waals surface area contributed by atoms with Crippen molar-refractivity contribution in [2.45, 2.75) is 89.5 Å². The predicted molar refractivity (Wildman–Crippen MR) is 178 cm³/mol. The van der Waals surface area contributed by atoms with E-state index in [-0.39, 0.29) is 82.3 Å². The zero-order valence-electron chi connectivity index (χ0n) is 26.8. The first kappa shape index (κ1) is 43.4. The van der Waals surface area contributed by atoms with Gasteiger partial charge in [-0.15, -0.1) is 0 Å². The largest absolute Gasteiger partial charge is 0.481 e. The summed E-state index contributed by atoms with van der Waals surface area (Å²) in [6.07, 6.45) is 8.74. The minimum Gasteiger partial charge on any atom is -0.481 e. The summed E-state index contributed by atoms with van der Waals surface area (Å²) in [5.41, 5.74) is 0. The van der Waals surface area contributed by atoms with Crippen molar-refractivity contribution in [1.82, 2.24) is 21.3 Å². The number of carbonyl (C=O) groups excluding carboxylic acids is 4. The second-order valence-corrected chi connectivity index (χ2v) is 11.3. The van der Waals surface area contributed by atoms with Gasteiger partial charge in [0, 0.05) is 38.9 Å². The number of nitrogens with one attached hydrogen (secondary N) is 4. The number of carboxylic acids is 2. The van der Waals surface area contributed by atoms with Gasteiger partial charge >= 0.3 is 11.9 Å². The standard InChI is InChI=1S/C30H53IN4O11/c31-22-27(38)33-15-17-44-18-16-34-28(39)23-46-21-20-45-19-14-32-25(36)13-12-24(30(42)43)35-26(37)10-8-6-4-2-1-3-5-7-9-11-29(40)41/h24H,1-23H2,(H,32,36)(H,33,38)(H,34,39)(H,35,37)(H,40,41)(H,42,43)/t24-/m1/s1. The highest BCUT2D eigenvalue weighted by Gasteiger charge is 2.20. The second-order valence-electron chi connectivity index (χ2n) is 10.5. The van der Waals surface area contributed by atoms with Crippen molar-refractivity contribution in [3.8, 4) is 0 Å². The van der Waals surface area contributed by atoms with Crippen molar-refractivity contribution >= 4 is 58.2 Å². The minimum atomic E-state index is -1.19. The molecular formula is C30H53IN4O11. The Morgan fingerprint density at radius 1 is 0.543 bits per heavy atom. The summed E-state index contributed by atoms with van der Waals surface area (Å²) in [5.74, 6) is -3.00. The van der Waals surface area contributed by atoms with Gasteiger partial charge in [-0.1, -0.05) is 67.5 Å². The maximum Gasteiger partial charge on any atom is 0.326 e. The van der Waals surface area contributed by atoms with E-state index < -0.39 is 18.0 Å². The van der Waals surface area contributed by atoms with E-state index in [1.165, 1.54) is 0 Å². The number of carboxylic acid groups (broad SMARTS) is 2. The van der Waals surface area contributed by atoms with E-state index in [0.29, 0.717) is 43.6 Å². The Balaban J connectivity index is 3.71. The molecule has 46 heavy (non-hydrogen) atoms. The van der Waals surface area contributed by atoms with Crippen LogP contribution in [0.4, 0.5) is 0 Å². The fourth-order valence-electron chi connectivity index (χ4n) is 4.06. The molecule has 0 spiro atoms. The molecule has 0 aliphatic carbocycles. The molecule has 0 aromatic rings. The highest BCUT2D eigenvalue weighted by molar-refractivity contribution is 14.1. The van der Waals surface area contributed by atoms with Gasteiger partial charge in [-0.25, -0.2) is 4.79 Å². The molecule has 0 fully saturated rings. The number of rotatable bonds is 32. The highest BCUT2D eigenvalue weighted by atomic mass is 127. The van der Waals surface area contributed by atoms with Gasteiger partial charge in [0.25, 0.3) is 0 Å². The molecule has 266 valence electrons. The molecule has 0 bridgehead atoms. The summed E-state index contributed by atoms with van der Waals surface area (Å²) in [4.78, 5) is 69.0. The highest BCUT2D eigenvalue weighted by Crippen LogP contribution is 2.11. The fraction of sp³-hybridized carbons (Fsp3) is 0.800. The molecule has 6 N–H and O–H groups in total. The maximum atomic E-state index is 12.2. The molecule has 0 heterocycles. The number of unbranched alkanes of at least 4 members (excludes halogenated alkanes) is 8. The maximum absolute atomic E-state index is 12.2. The first-order chi connectivity index (χ1) is 22.1. The molecule has 4 amide bonds. The lowest BCUT2D eigenvalue weighted by Crippen LogP contribution is -2.41. The molecule has 0 radical (unpaired) electrons. The number of hydrogen-bond donors (Lipinski definition) is 6. The average Bonchev–Trinajstić information content (AvgIpc) is 3.02. The lowest BCUT2D eigenvalue weighted by Gasteiger charge is -2.14. The molecule has 16 heteroatoms. The van der Waals surface area contributed by atoms with E-state index in [4.69, 9.17) is 19.3 Å². The first-order valence-electron chi connectivity index (χ1n) is 16.0. The third-order valence-corrected chi connectivity index (χ3v) is 7.21. The Bertz CT molecular complexity index is 880. The summed E-state index contributed by atoms with van der Waals surface area (Å²) in [7, 11) is 0. The van der Waals surface area contributed by atoms with Crippen molar-refractivity contribution < 1.29 is 53.2 Å². The van der Waals surface area contributed by atoms with Crippen molar-refractivity contribution in [3.63, 3.8) is 0 Å². The Morgan fingerprint density at radius 3 is 1.57 bits per heavy atom. The van der Waals surface area contributed by atoms with Crippen molar-refractivity contribution in [1.29, 1.82) is 0 Å². The molecule has 0 rings (SSSR count). The van der Waals surface area contributed by atoms with Crippen molar-refractivity contribution in [3.05, 3.63) is 0 Å². The van der Waals surface area contributed by atoms with Crippen LogP contribution in [-0.4, -0.2) is 116 Å². The Kier molecular flexibility index (Phi) is 29.3. The van der Waals surface area contributed by atoms with Gasteiger partial charge in [0.1, 0.15) is 12.6 Å². The molecule has 0 unspecified atom stereocenters. The number of aliphatic carboxylic acids is 2. The van der Waals surface area contributed by atoms with Crippen LogP contribution >= 0.6 is 22.6 Å². The van der Waals surface area contributed by atoms with Crippen LogP contribution < -0.4 is 21.3 Å². The SMILES string of the molecule is O=C(O)CCCCCCCCCCCC(=O)N[C@H](CCC(=O)NCCOCCOCC(=O)NCCOCCNC(=O)CI)C(=O)O. The number of ether oxygens (including phenoxy) is 3. The van der Waals surface area contributed by atoms with Crippen LogP contribution in [0.1, 0.15) is 83.5 Å². The summed E-state index contributed by atoms with van der Waals surface area (Å²) in [5, 5.41) is 28.5. The quantitative estimate of drug-likeness (QED) is 0.0328. The van der Waals surface area contributed by atoms with Crippen LogP contribution in [0.2, 0.25) is 0 Å². The minimum absolute atomic E-state index is 0.0286. The zero-order chi connectivity index (χ0) is 34.3. The van der Waals surface area contributed by atoms with Gasteiger partial charge in [0.2, 0.25) is 23.6 Å². The van der Waals surface area contributed by atoms with E-state index in [1.54, 1.807) is 0 Å². The fourth-order valence-corrected chi connectivity index (χ4v) is 4.33. The molecule has 15 nitrogen and oxygen atoms in total. The van der Waals surface area contributed by atoms with Crippen molar-refractivity contribution in [2.75, 3.05) is 63.7 Å². The summed E-state index contributed by atoms with van der Waals surface area (Å²) >= 11 is 1.97. The van der Waals surface area contributed by atoms with Gasteiger partial charge in [-0.05, 0) is 19.3 Å². The van der Waals surface area contributed by atoms with E-state index in [1.807, 2.05) is 22.6 Å². The lowest BCUT2D eigenvalue weighted by molar-refractivity contribution is -0.142. The summed E-state index contributed by atoms with van der Waals surface area (Å²) < 4.78 is 16.3. The summed E-state index contributed by atoms with van der Waals surface area (Å²) in [6.45, 7) is 2.11. The number of halogens is 1. The topological polar surface area (TPSA) is 219 Å². The molecule has 0 aromatic carbocycles. The van der Waals surface area contributed by atoms with Crippen LogP contribution in [0.15, 0.2) is 0 Å². The Hall–Kier alpha value is -2.57. The second kappa shape index (κ2) is 31.1. The van der Waals surface area contributed by atoms with Gasteiger partial charge in [0.05, 0.1) is 37.5 Å². The lowest BCUT2D eigenvalue weighted by atomic mass is 10.1. The van der Waals surface area contributed by atoms with Gasteiger partial charge in [-0.2, -0.15) is 0 Å². The number of alkyl halides is 1. The van der Waals surface area contributed by atoms with Crippen LogP contribution in [0.25, 0.3) is 0 Å². The zero-order valence-corrected chi connectivity index (χ0v) is 28.9. The van der Waals surface area contributed by atoms with Crippen LogP contribution in [0, 0.1) is 0 Å². The first-order valence-corrected chi connectivity index (χ1v) is 17.5. The third kappa shape index (κ3) is 30.1. The van der Waals surface area contributed by atoms with E-state index in [9.17, 15) is 33.9 Å². The average molecular weight is 773 g/mol. The van der Waals surface area contributed by atoms with E-state index in [2.05, 4.69) is 21.3 Å². The number of carbonyl (C=O) groups is 6. The van der Waals surface area contributed by atoms with Gasteiger partial charge < -0.3 is 45.7 Å². The van der Waals surface area contributed by atoms with Gasteiger partial charge in [0.15, 0.2) is 0 Å². The summed E-state index contributed by atoms with van der Waals surface area (Å²) in [6, 6.07) is -1.14. The van der Waals surface area contributed by atoms with Gasteiger partial charge in [-0.3, -0.25) is 24.0 Å². The molecule has 0 saturated heterocycles. The molecule has 0 aromatic heterocycles. The number of amides is 4. The van der Waals surface area contributed by atoms with Crippen LogP contribution in [-0.2, 0) is 43.0 Å². The monoisotopic (exact) mass is 772 g/mol. The molecule has 0 aliphatic rings. The van der Waals surface area contributed by atoms with Crippen molar-refractivity contribution in [2.24, 2.45) is 0 Å².